The molecule has 10 heteroatoms. The number of amides is 2. The van der Waals surface area contributed by atoms with Gasteiger partial charge in [0, 0.05) is 27.1 Å². The molecule has 1 saturated heterocycles. The van der Waals surface area contributed by atoms with Gasteiger partial charge in [-0.05, 0) is 37.0 Å². The summed E-state index contributed by atoms with van der Waals surface area (Å²) in [7, 11) is 1.14. The van der Waals surface area contributed by atoms with Crippen molar-refractivity contribution in [3.63, 3.8) is 0 Å². The van der Waals surface area contributed by atoms with Crippen molar-refractivity contribution in [2.75, 3.05) is 20.3 Å². The van der Waals surface area contributed by atoms with E-state index in [2.05, 4.69) is 0 Å². The summed E-state index contributed by atoms with van der Waals surface area (Å²) in [5.41, 5.74) is 0.868. The van der Waals surface area contributed by atoms with Gasteiger partial charge in [0.25, 0.3) is 5.91 Å². The van der Waals surface area contributed by atoms with Crippen molar-refractivity contribution in [2.45, 2.75) is 50.9 Å². The highest BCUT2D eigenvalue weighted by atomic mass is 16.6. The summed E-state index contributed by atoms with van der Waals surface area (Å²) >= 11 is 0. The molecule has 0 aliphatic carbocycles. The Hall–Kier alpha value is -3.37. The molecule has 10 nitrogen and oxygen atoms in total. The first-order chi connectivity index (χ1) is 16.3. The maximum atomic E-state index is 13.3. The number of aliphatic hydroxyl groups is 1. The monoisotopic (exact) mass is 475 g/mol. The number of esters is 1. The summed E-state index contributed by atoms with van der Waals surface area (Å²) in [6.07, 6.45) is -0.957. The van der Waals surface area contributed by atoms with Crippen LogP contribution in [0.15, 0.2) is 42.5 Å². The van der Waals surface area contributed by atoms with Crippen LogP contribution in [0.2, 0.25) is 0 Å². The van der Waals surface area contributed by atoms with E-state index in [-0.39, 0.29) is 25.4 Å². The van der Waals surface area contributed by atoms with E-state index in [9.17, 15) is 24.0 Å². The zero-order chi connectivity index (χ0) is 25.1. The van der Waals surface area contributed by atoms with Crippen LogP contribution in [0.5, 0.6) is 0 Å². The smallest absolute Gasteiger partial charge is 0.417 e. The highest BCUT2D eigenvalue weighted by Crippen LogP contribution is 2.21. The average Bonchev–Trinajstić information content (AvgIpc) is 3.17. The molecule has 0 spiro atoms. The number of hydrogen-bond donors (Lipinski definition) is 1. The first-order valence-corrected chi connectivity index (χ1v) is 10.9. The van der Waals surface area contributed by atoms with Gasteiger partial charge in [0.2, 0.25) is 0 Å². The van der Waals surface area contributed by atoms with Gasteiger partial charge in [-0.3, -0.25) is 19.2 Å². The fourth-order valence-corrected chi connectivity index (χ4v) is 3.47. The van der Waals surface area contributed by atoms with Crippen LogP contribution in [-0.2, 0) is 39.8 Å². The molecule has 1 aromatic rings. The van der Waals surface area contributed by atoms with Gasteiger partial charge in [-0.1, -0.05) is 30.3 Å². The topological polar surface area (TPSA) is 137 Å². The van der Waals surface area contributed by atoms with Crippen LogP contribution >= 0.6 is 0 Å². The molecule has 1 aromatic carbocycles. The number of carbonyl (C=O) groups excluding carboxylic acids is 5. The molecule has 34 heavy (non-hydrogen) atoms. The summed E-state index contributed by atoms with van der Waals surface area (Å²) < 4.78 is 15.3. The minimum Gasteiger partial charge on any atom is -0.451 e. The number of ketones is 2. The highest BCUT2D eigenvalue weighted by molar-refractivity contribution is 6.05. The molecule has 0 radical (unpaired) electrons. The summed E-state index contributed by atoms with van der Waals surface area (Å²) in [5.74, 6) is -2.96. The molecule has 0 bridgehead atoms. The molecule has 2 rings (SSSR count). The number of methoxy groups -OCH3 is 1. The Balaban J connectivity index is 2.20. The van der Waals surface area contributed by atoms with Gasteiger partial charge in [0.1, 0.15) is 6.61 Å². The second-order valence-corrected chi connectivity index (χ2v) is 7.70. The van der Waals surface area contributed by atoms with Gasteiger partial charge in [0.15, 0.2) is 23.8 Å². The number of ether oxygens (including phenoxy) is 3. The van der Waals surface area contributed by atoms with E-state index in [1.807, 2.05) is 30.3 Å². The van der Waals surface area contributed by atoms with Crippen molar-refractivity contribution >= 4 is 29.5 Å². The first-order valence-electron chi connectivity index (χ1n) is 10.9. The number of carbonyl (C=O) groups is 5. The van der Waals surface area contributed by atoms with Gasteiger partial charge < -0.3 is 19.3 Å². The fourth-order valence-electron chi connectivity index (χ4n) is 3.47. The summed E-state index contributed by atoms with van der Waals surface area (Å²) in [6, 6.07) is 8.52. The van der Waals surface area contributed by atoms with E-state index in [1.165, 1.54) is 0 Å². The Morgan fingerprint density at radius 1 is 1.15 bits per heavy atom. The third-order valence-corrected chi connectivity index (χ3v) is 5.12. The second-order valence-electron chi connectivity index (χ2n) is 7.70. The second kappa shape index (κ2) is 13.4. The Morgan fingerprint density at radius 2 is 1.85 bits per heavy atom. The van der Waals surface area contributed by atoms with Crippen molar-refractivity contribution in [3.05, 3.63) is 48.0 Å². The quantitative estimate of drug-likeness (QED) is 0.255. The van der Waals surface area contributed by atoms with Crippen molar-refractivity contribution in [1.82, 2.24) is 4.90 Å². The number of imide groups is 1. The predicted molar refractivity (Wildman–Crippen MR) is 119 cm³/mol. The lowest BCUT2D eigenvalue weighted by Crippen LogP contribution is -2.53. The standard InChI is InChI=1S/C24H29NO9/c1-16(27)34-21(20(29)12-11-19(28)10-6-7-13-26)22(32-2)23(30)25-18(15-33-24(25)31)14-17-8-4-3-5-9-17/h3-5,8-9,11-12,18,21-22,26H,6-7,10,13-15H2,1-2H3/t18-,21+,22-/m1/s1. The van der Waals surface area contributed by atoms with E-state index < -0.39 is 42.0 Å². The maximum absolute atomic E-state index is 13.3. The van der Waals surface area contributed by atoms with Crippen molar-refractivity contribution in [2.24, 2.45) is 0 Å². The lowest BCUT2D eigenvalue weighted by atomic mass is 10.0. The molecule has 1 aliphatic heterocycles. The van der Waals surface area contributed by atoms with E-state index in [4.69, 9.17) is 19.3 Å². The van der Waals surface area contributed by atoms with Crippen LogP contribution in [0, 0.1) is 0 Å². The molecular formula is C24H29NO9. The molecule has 1 fully saturated rings. The van der Waals surface area contributed by atoms with Crippen molar-refractivity contribution < 1.29 is 43.3 Å². The maximum Gasteiger partial charge on any atom is 0.417 e. The molecule has 1 N–H and O–H groups in total. The minimum absolute atomic E-state index is 0.0374. The van der Waals surface area contributed by atoms with Crippen molar-refractivity contribution in [3.8, 4) is 0 Å². The Kier molecular flexibility index (Phi) is 10.6. The number of unbranched alkanes of at least 4 members (excludes halogenated alkanes) is 1. The third-order valence-electron chi connectivity index (χ3n) is 5.12. The molecule has 1 heterocycles. The van der Waals surface area contributed by atoms with Crippen LogP contribution in [0.25, 0.3) is 0 Å². The minimum atomic E-state index is -1.71. The number of nitrogens with zero attached hydrogens (tertiary/aromatic N) is 1. The van der Waals surface area contributed by atoms with Gasteiger partial charge >= 0.3 is 12.1 Å². The molecule has 1 aliphatic rings. The zero-order valence-corrected chi connectivity index (χ0v) is 19.2. The normalized spacial score (nSPS) is 17.3. The summed E-state index contributed by atoms with van der Waals surface area (Å²) in [4.78, 5) is 62.8. The van der Waals surface area contributed by atoms with Crippen LogP contribution in [0.1, 0.15) is 31.7 Å². The number of aliphatic hydroxyl groups excluding tert-OH is 1. The molecule has 0 saturated carbocycles. The largest absolute Gasteiger partial charge is 0.451 e. The average molecular weight is 475 g/mol. The number of hydrogen-bond acceptors (Lipinski definition) is 9. The molecule has 0 unspecified atom stereocenters. The van der Waals surface area contributed by atoms with Gasteiger partial charge in [-0.15, -0.1) is 0 Å². The summed E-state index contributed by atoms with van der Waals surface area (Å²) in [5, 5.41) is 8.79. The molecule has 184 valence electrons. The van der Waals surface area contributed by atoms with Gasteiger partial charge in [0.05, 0.1) is 6.04 Å². The number of allylic oxidation sites excluding steroid dienone is 1. The first kappa shape index (κ1) is 26.9. The van der Waals surface area contributed by atoms with E-state index in [0.29, 0.717) is 19.3 Å². The molecule has 3 atom stereocenters. The van der Waals surface area contributed by atoms with Crippen LogP contribution in [0.4, 0.5) is 4.79 Å². The van der Waals surface area contributed by atoms with E-state index in [0.717, 1.165) is 36.6 Å². The Morgan fingerprint density at radius 3 is 2.47 bits per heavy atom. The SMILES string of the molecule is CO[C@@H](C(=O)N1C(=O)OC[C@H]1Cc1ccccc1)[C@@H](OC(C)=O)C(=O)C=CC(=O)CCCCO. The zero-order valence-electron chi connectivity index (χ0n) is 19.2. The third kappa shape index (κ3) is 7.60. The van der Waals surface area contributed by atoms with Crippen LogP contribution in [0.3, 0.4) is 0 Å². The predicted octanol–water partition coefficient (Wildman–Crippen LogP) is 1.38. The number of benzene rings is 1. The molecular weight excluding hydrogens is 446 g/mol. The Bertz CT molecular complexity index is 912. The lowest BCUT2D eigenvalue weighted by molar-refractivity contribution is -0.166. The van der Waals surface area contributed by atoms with E-state index >= 15 is 0 Å². The van der Waals surface area contributed by atoms with Crippen molar-refractivity contribution in [1.29, 1.82) is 0 Å². The summed E-state index contributed by atoms with van der Waals surface area (Å²) in [6.45, 7) is 0.972. The molecule has 2 amide bonds. The molecule has 0 aromatic heterocycles. The van der Waals surface area contributed by atoms with Crippen LogP contribution in [-0.4, -0.2) is 78.1 Å². The Labute approximate surface area is 197 Å². The van der Waals surface area contributed by atoms with Gasteiger partial charge in [-0.2, -0.15) is 0 Å². The lowest BCUT2D eigenvalue weighted by Gasteiger charge is -2.27. The van der Waals surface area contributed by atoms with E-state index in [1.54, 1.807) is 0 Å². The van der Waals surface area contributed by atoms with Gasteiger partial charge in [-0.25, -0.2) is 9.69 Å². The number of cyclic esters (lactones) is 1. The fraction of sp³-hybridized carbons (Fsp3) is 0.458. The van der Waals surface area contributed by atoms with Crippen LogP contribution < -0.4 is 0 Å². The number of rotatable bonds is 13. The highest BCUT2D eigenvalue weighted by Gasteiger charge is 2.45.